The number of aromatic nitrogens is 1. The summed E-state index contributed by atoms with van der Waals surface area (Å²) in [7, 11) is 0. The number of carbonyl (C=O) groups excluding carboxylic acids is 1. The van der Waals surface area contributed by atoms with Crippen LogP contribution in [0.3, 0.4) is 0 Å². The molecule has 2 N–H and O–H groups in total. The Morgan fingerprint density at radius 1 is 1.07 bits per heavy atom. The SMILES string of the molecule is C=C/C=c1/[nH]cc(C(=O)Nc2ccccc2/C(C=C)=C/C=C\C)c(=O)/c1=C/C=C. The minimum absolute atomic E-state index is 0.00621. The maximum absolute atomic E-state index is 12.9. The summed E-state index contributed by atoms with van der Waals surface area (Å²) >= 11 is 0. The average Bonchev–Trinajstić information content (AvgIpc) is 2.72. The molecular formula is C25H24N2O2. The molecule has 0 spiro atoms. The van der Waals surface area contributed by atoms with Gasteiger partial charge in [0, 0.05) is 28.0 Å². The Hall–Kier alpha value is -3.92. The fraction of sp³-hybridized carbons (Fsp3) is 0.0400. The minimum Gasteiger partial charge on any atom is -0.360 e. The van der Waals surface area contributed by atoms with Gasteiger partial charge < -0.3 is 10.3 Å². The highest BCUT2D eigenvalue weighted by molar-refractivity contribution is 6.05. The molecule has 0 aliphatic rings. The Morgan fingerprint density at radius 2 is 1.79 bits per heavy atom. The zero-order chi connectivity index (χ0) is 21.2. The number of hydrogen-bond acceptors (Lipinski definition) is 2. The lowest BCUT2D eigenvalue weighted by Gasteiger charge is -2.11. The number of pyridine rings is 1. The van der Waals surface area contributed by atoms with Crippen molar-refractivity contribution in [3.63, 3.8) is 0 Å². The predicted molar refractivity (Wildman–Crippen MR) is 123 cm³/mol. The summed E-state index contributed by atoms with van der Waals surface area (Å²) in [6.45, 7) is 13.0. The van der Waals surface area contributed by atoms with Gasteiger partial charge in [0.25, 0.3) is 5.91 Å². The van der Waals surface area contributed by atoms with Crippen molar-refractivity contribution in [3.8, 4) is 0 Å². The van der Waals surface area contributed by atoms with E-state index >= 15 is 0 Å². The van der Waals surface area contributed by atoms with Gasteiger partial charge in [-0.05, 0) is 30.7 Å². The van der Waals surface area contributed by atoms with Crippen molar-refractivity contribution >= 4 is 29.3 Å². The van der Waals surface area contributed by atoms with Crippen LogP contribution in [-0.2, 0) is 0 Å². The molecule has 0 radical (unpaired) electrons. The van der Waals surface area contributed by atoms with Crippen molar-refractivity contribution in [2.75, 3.05) is 5.32 Å². The number of para-hydroxylation sites is 1. The third kappa shape index (κ3) is 5.08. The highest BCUT2D eigenvalue weighted by Gasteiger charge is 2.14. The van der Waals surface area contributed by atoms with Gasteiger partial charge in [-0.25, -0.2) is 0 Å². The Kier molecular flexibility index (Phi) is 7.68. The van der Waals surface area contributed by atoms with Gasteiger partial charge in [-0.15, -0.1) is 0 Å². The van der Waals surface area contributed by atoms with Gasteiger partial charge in [-0.1, -0.05) is 74.4 Å². The van der Waals surface area contributed by atoms with Gasteiger partial charge in [0.2, 0.25) is 5.43 Å². The molecule has 0 atom stereocenters. The van der Waals surface area contributed by atoms with E-state index in [9.17, 15) is 9.59 Å². The molecule has 1 aromatic heterocycles. The Bertz CT molecular complexity index is 1180. The normalized spacial score (nSPS) is 12.8. The minimum atomic E-state index is -0.503. The predicted octanol–water partition coefficient (Wildman–Crippen LogP) is 3.71. The van der Waals surface area contributed by atoms with Crippen molar-refractivity contribution in [1.82, 2.24) is 4.98 Å². The molecule has 4 heteroatoms. The molecule has 0 bridgehead atoms. The number of anilines is 1. The molecule has 29 heavy (non-hydrogen) atoms. The van der Waals surface area contributed by atoms with Crippen LogP contribution in [0.2, 0.25) is 0 Å². The standard InChI is InChI=1S/C25H24N2O2/c1-5-9-14-18(8-4)19-15-10-11-16-23(19)27-25(29)21-17-26-22(13-7-3)20(12-6-2)24(21)28/h5-17,26H,2-4H2,1H3,(H,27,29)/b9-5-,18-14+,20-12+,22-13+. The quantitative estimate of drug-likeness (QED) is 0.715. The molecule has 146 valence electrons. The Balaban J connectivity index is 2.54. The molecule has 1 aromatic carbocycles. The van der Waals surface area contributed by atoms with E-state index in [0.717, 1.165) is 11.1 Å². The van der Waals surface area contributed by atoms with Crippen LogP contribution < -0.4 is 21.3 Å². The van der Waals surface area contributed by atoms with Crippen LogP contribution in [0.25, 0.3) is 17.7 Å². The van der Waals surface area contributed by atoms with Crippen molar-refractivity contribution < 1.29 is 4.79 Å². The van der Waals surface area contributed by atoms with Crippen LogP contribution in [0.1, 0.15) is 22.8 Å². The lowest BCUT2D eigenvalue weighted by Crippen LogP contribution is -2.44. The monoisotopic (exact) mass is 384 g/mol. The first-order valence-electron chi connectivity index (χ1n) is 9.10. The maximum Gasteiger partial charge on any atom is 0.261 e. The van der Waals surface area contributed by atoms with E-state index < -0.39 is 5.91 Å². The van der Waals surface area contributed by atoms with Crippen molar-refractivity contribution in [1.29, 1.82) is 0 Å². The molecule has 2 aromatic rings. The lowest BCUT2D eigenvalue weighted by molar-refractivity contribution is 0.102. The molecule has 0 saturated heterocycles. The summed E-state index contributed by atoms with van der Waals surface area (Å²) in [4.78, 5) is 28.7. The largest absolute Gasteiger partial charge is 0.360 e. The number of allylic oxidation sites excluding steroid dienone is 7. The van der Waals surface area contributed by atoms with Crippen LogP contribution in [0.5, 0.6) is 0 Å². The number of hydrogen-bond donors (Lipinski definition) is 2. The lowest BCUT2D eigenvalue weighted by atomic mass is 10.0. The van der Waals surface area contributed by atoms with E-state index in [1.807, 2.05) is 43.4 Å². The summed E-state index contributed by atoms with van der Waals surface area (Å²) in [5.74, 6) is -0.503. The summed E-state index contributed by atoms with van der Waals surface area (Å²) in [5.41, 5.74) is 1.86. The van der Waals surface area contributed by atoms with Crippen molar-refractivity contribution in [2.24, 2.45) is 0 Å². The number of nitrogens with one attached hydrogen (secondary N) is 2. The molecule has 4 nitrogen and oxygen atoms in total. The molecule has 1 amide bonds. The van der Waals surface area contributed by atoms with Gasteiger partial charge in [0.15, 0.2) is 0 Å². The first-order valence-corrected chi connectivity index (χ1v) is 9.10. The van der Waals surface area contributed by atoms with Crippen LogP contribution >= 0.6 is 0 Å². The molecule has 0 fully saturated rings. The van der Waals surface area contributed by atoms with Gasteiger partial charge in [-0.2, -0.15) is 0 Å². The third-order valence-corrected chi connectivity index (χ3v) is 4.14. The number of aromatic amines is 1. The smallest absolute Gasteiger partial charge is 0.261 e. The van der Waals surface area contributed by atoms with E-state index in [-0.39, 0.29) is 11.0 Å². The van der Waals surface area contributed by atoms with Gasteiger partial charge in [0.1, 0.15) is 5.56 Å². The first kappa shape index (κ1) is 21.4. The summed E-state index contributed by atoms with van der Waals surface area (Å²) in [5, 5.41) is 3.75. The topological polar surface area (TPSA) is 62.0 Å². The van der Waals surface area contributed by atoms with Crippen LogP contribution in [0, 0.1) is 0 Å². The average molecular weight is 384 g/mol. The number of carbonyl (C=O) groups is 1. The highest BCUT2D eigenvalue weighted by atomic mass is 16.2. The van der Waals surface area contributed by atoms with E-state index in [4.69, 9.17) is 0 Å². The highest BCUT2D eigenvalue weighted by Crippen LogP contribution is 2.25. The second kappa shape index (κ2) is 10.4. The van der Waals surface area contributed by atoms with Crippen molar-refractivity contribution in [2.45, 2.75) is 6.92 Å². The summed E-state index contributed by atoms with van der Waals surface area (Å²) < 4.78 is 0. The van der Waals surface area contributed by atoms with E-state index in [0.29, 0.717) is 16.3 Å². The van der Waals surface area contributed by atoms with Crippen LogP contribution in [0.15, 0.2) is 91.4 Å². The van der Waals surface area contributed by atoms with E-state index in [1.54, 1.807) is 30.4 Å². The van der Waals surface area contributed by atoms with Gasteiger partial charge in [0.05, 0.1) is 0 Å². The third-order valence-electron chi connectivity index (χ3n) is 4.14. The van der Waals surface area contributed by atoms with Crippen molar-refractivity contribution in [3.05, 3.63) is 119 Å². The second-order valence-electron chi connectivity index (χ2n) is 6.02. The fourth-order valence-corrected chi connectivity index (χ4v) is 2.77. The number of rotatable bonds is 7. The zero-order valence-corrected chi connectivity index (χ0v) is 16.4. The zero-order valence-electron chi connectivity index (χ0n) is 16.4. The Labute approximate surface area is 170 Å². The molecule has 0 unspecified atom stereocenters. The Morgan fingerprint density at radius 3 is 2.45 bits per heavy atom. The number of benzene rings is 1. The molecule has 0 saturated carbocycles. The van der Waals surface area contributed by atoms with Gasteiger partial charge >= 0.3 is 0 Å². The summed E-state index contributed by atoms with van der Waals surface area (Å²) in [6.07, 6.45) is 15.1. The molecule has 0 aliphatic heterocycles. The number of amides is 1. The second-order valence-corrected chi connectivity index (χ2v) is 6.02. The fourth-order valence-electron chi connectivity index (χ4n) is 2.77. The molecule has 2 rings (SSSR count). The molecule has 0 aliphatic carbocycles. The molecular weight excluding hydrogens is 360 g/mol. The van der Waals surface area contributed by atoms with E-state index in [2.05, 4.69) is 30.0 Å². The van der Waals surface area contributed by atoms with Crippen LogP contribution in [0.4, 0.5) is 5.69 Å². The first-order chi connectivity index (χ1) is 14.1. The summed E-state index contributed by atoms with van der Waals surface area (Å²) in [6, 6.07) is 7.36. The maximum atomic E-state index is 12.9. The van der Waals surface area contributed by atoms with Gasteiger partial charge in [-0.3, -0.25) is 9.59 Å². The van der Waals surface area contributed by atoms with E-state index in [1.165, 1.54) is 12.3 Å². The van der Waals surface area contributed by atoms with Crippen LogP contribution in [-0.4, -0.2) is 10.9 Å². The number of H-pyrrole nitrogens is 1. The molecule has 1 heterocycles.